The highest BCUT2D eigenvalue weighted by molar-refractivity contribution is 5.73. The zero-order valence-corrected chi connectivity index (χ0v) is 10.5. The fourth-order valence-electron chi connectivity index (χ4n) is 2.16. The molecular formula is C11H20N2O4. The van der Waals surface area contributed by atoms with Gasteiger partial charge in [-0.25, -0.2) is 4.79 Å². The summed E-state index contributed by atoms with van der Waals surface area (Å²) < 4.78 is 4.66. The Kier molecular flexibility index (Phi) is 4.74. The molecule has 2 N–H and O–H groups in total. The van der Waals surface area contributed by atoms with Crippen LogP contribution in [0.2, 0.25) is 0 Å². The van der Waals surface area contributed by atoms with Gasteiger partial charge in [0.25, 0.3) is 0 Å². The third-order valence-corrected chi connectivity index (χ3v) is 3.01. The maximum Gasteiger partial charge on any atom is 0.409 e. The van der Waals surface area contributed by atoms with Crippen molar-refractivity contribution in [1.82, 2.24) is 10.2 Å². The van der Waals surface area contributed by atoms with E-state index in [0.717, 1.165) is 0 Å². The number of nitrogens with one attached hydrogen (secondary N) is 1. The number of hydrogen-bond acceptors (Lipinski definition) is 4. The lowest BCUT2D eigenvalue weighted by Crippen LogP contribution is -2.54. The molecule has 0 aliphatic carbocycles. The lowest BCUT2D eigenvalue weighted by atomic mass is 9.90. The molecule has 1 rings (SSSR count). The Morgan fingerprint density at radius 2 is 2.12 bits per heavy atom. The molecule has 6 heteroatoms. The lowest BCUT2D eigenvalue weighted by Gasteiger charge is -2.38. The van der Waals surface area contributed by atoms with Crippen LogP contribution in [0.4, 0.5) is 4.79 Å². The molecule has 0 spiro atoms. The average Bonchev–Trinajstić information content (AvgIpc) is 2.26. The Labute approximate surface area is 101 Å². The Morgan fingerprint density at radius 1 is 1.47 bits per heavy atom. The van der Waals surface area contributed by atoms with Gasteiger partial charge < -0.3 is 20.1 Å². The third kappa shape index (κ3) is 3.89. The number of likely N-dealkylation sites (tertiary alicyclic amines) is 1. The van der Waals surface area contributed by atoms with Gasteiger partial charge in [0, 0.05) is 32.0 Å². The predicted octanol–water partition coefficient (Wildman–Crippen LogP) is -0.0398. The number of amides is 2. The van der Waals surface area contributed by atoms with Crippen LogP contribution in [-0.2, 0) is 9.53 Å². The van der Waals surface area contributed by atoms with E-state index < -0.39 is 12.2 Å². The van der Waals surface area contributed by atoms with Crippen LogP contribution in [0.25, 0.3) is 0 Å². The van der Waals surface area contributed by atoms with E-state index in [0.29, 0.717) is 19.5 Å². The van der Waals surface area contributed by atoms with Crippen molar-refractivity contribution in [3.05, 3.63) is 0 Å². The number of piperidine rings is 1. The number of rotatable bonds is 2. The second-order valence-electron chi connectivity index (χ2n) is 4.51. The molecule has 0 bridgehead atoms. The minimum atomic E-state index is -0.515. The molecule has 1 fully saturated rings. The van der Waals surface area contributed by atoms with E-state index in [9.17, 15) is 14.7 Å². The molecule has 0 aromatic rings. The van der Waals surface area contributed by atoms with Gasteiger partial charge in [0.1, 0.15) is 0 Å². The summed E-state index contributed by atoms with van der Waals surface area (Å²) in [5.74, 6) is -0.175. The molecule has 98 valence electrons. The van der Waals surface area contributed by atoms with Gasteiger partial charge in [-0.1, -0.05) is 0 Å². The van der Waals surface area contributed by atoms with Crippen LogP contribution in [0.5, 0.6) is 0 Å². The molecule has 17 heavy (non-hydrogen) atoms. The summed E-state index contributed by atoms with van der Waals surface area (Å²) in [6.45, 7) is 4.01. The van der Waals surface area contributed by atoms with E-state index in [-0.39, 0.29) is 17.9 Å². The molecule has 0 saturated carbocycles. The summed E-state index contributed by atoms with van der Waals surface area (Å²) in [7, 11) is 1.32. The topological polar surface area (TPSA) is 78.9 Å². The van der Waals surface area contributed by atoms with E-state index in [2.05, 4.69) is 10.1 Å². The largest absolute Gasteiger partial charge is 0.453 e. The normalized spacial score (nSPS) is 26.2. The van der Waals surface area contributed by atoms with Crippen LogP contribution in [0.3, 0.4) is 0 Å². The molecule has 1 heterocycles. The van der Waals surface area contributed by atoms with Gasteiger partial charge in [-0.3, -0.25) is 4.79 Å². The van der Waals surface area contributed by atoms with Gasteiger partial charge in [0.05, 0.1) is 13.2 Å². The Bertz CT molecular complexity index is 293. The van der Waals surface area contributed by atoms with Crippen molar-refractivity contribution < 1.29 is 19.4 Å². The summed E-state index contributed by atoms with van der Waals surface area (Å²) >= 11 is 0. The van der Waals surface area contributed by atoms with E-state index in [4.69, 9.17) is 0 Å². The fourth-order valence-corrected chi connectivity index (χ4v) is 2.16. The zero-order valence-electron chi connectivity index (χ0n) is 10.5. The minimum Gasteiger partial charge on any atom is -0.453 e. The molecule has 2 amide bonds. The minimum absolute atomic E-state index is 0.0419. The van der Waals surface area contributed by atoms with Gasteiger partial charge in [-0.15, -0.1) is 0 Å². The Hall–Kier alpha value is -1.30. The summed E-state index contributed by atoms with van der Waals surface area (Å²) in [6, 6.07) is -0.125. The number of hydrogen-bond donors (Lipinski definition) is 2. The number of ether oxygens (including phenoxy) is 1. The molecule has 0 aromatic carbocycles. The van der Waals surface area contributed by atoms with E-state index >= 15 is 0 Å². The number of aliphatic hydroxyl groups is 1. The second kappa shape index (κ2) is 5.86. The average molecular weight is 244 g/mol. The first-order valence-corrected chi connectivity index (χ1v) is 5.72. The summed E-state index contributed by atoms with van der Waals surface area (Å²) in [4.78, 5) is 24.0. The van der Waals surface area contributed by atoms with Crippen LogP contribution in [0, 0.1) is 5.92 Å². The van der Waals surface area contributed by atoms with Crippen molar-refractivity contribution in [3.8, 4) is 0 Å². The molecular weight excluding hydrogens is 224 g/mol. The quantitative estimate of drug-likeness (QED) is 0.714. The zero-order chi connectivity index (χ0) is 13.0. The van der Waals surface area contributed by atoms with E-state index in [1.54, 1.807) is 6.92 Å². The Morgan fingerprint density at radius 3 is 2.59 bits per heavy atom. The molecule has 3 unspecified atom stereocenters. The van der Waals surface area contributed by atoms with Crippen molar-refractivity contribution in [3.63, 3.8) is 0 Å². The number of carbonyl (C=O) groups excluding carboxylic acids is 2. The van der Waals surface area contributed by atoms with Crippen LogP contribution in [0.1, 0.15) is 20.3 Å². The molecule has 3 atom stereocenters. The number of aliphatic hydroxyl groups excluding tert-OH is 1. The molecule has 1 aliphatic rings. The van der Waals surface area contributed by atoms with Gasteiger partial charge in [-0.2, -0.15) is 0 Å². The number of carbonyl (C=O) groups is 2. The standard InChI is InChI=1S/C11H20N2O4/c1-7(14)9-4-10(12-8(2)15)6-13(5-9)11(16)17-3/h7,9-10,14H,4-6H2,1-3H3,(H,12,15). The number of nitrogens with zero attached hydrogens (tertiary/aromatic N) is 1. The molecule has 1 aliphatic heterocycles. The first-order valence-electron chi connectivity index (χ1n) is 5.72. The monoisotopic (exact) mass is 244 g/mol. The van der Waals surface area contributed by atoms with Crippen molar-refractivity contribution in [1.29, 1.82) is 0 Å². The second-order valence-corrected chi connectivity index (χ2v) is 4.51. The van der Waals surface area contributed by atoms with Crippen molar-refractivity contribution in [2.45, 2.75) is 32.4 Å². The predicted molar refractivity (Wildman–Crippen MR) is 61.4 cm³/mol. The summed E-state index contributed by atoms with van der Waals surface area (Å²) in [5, 5.41) is 12.4. The maximum absolute atomic E-state index is 11.5. The van der Waals surface area contributed by atoms with Crippen LogP contribution in [-0.4, -0.2) is 54.4 Å². The third-order valence-electron chi connectivity index (χ3n) is 3.01. The van der Waals surface area contributed by atoms with Gasteiger partial charge in [0.15, 0.2) is 0 Å². The molecule has 0 aromatic heterocycles. The number of methoxy groups -OCH3 is 1. The first-order chi connectivity index (χ1) is 7.93. The highest BCUT2D eigenvalue weighted by Gasteiger charge is 2.32. The van der Waals surface area contributed by atoms with E-state index in [1.165, 1.54) is 18.9 Å². The van der Waals surface area contributed by atoms with Crippen LogP contribution >= 0.6 is 0 Å². The van der Waals surface area contributed by atoms with Gasteiger partial charge in [-0.05, 0) is 13.3 Å². The van der Waals surface area contributed by atoms with Crippen LogP contribution < -0.4 is 5.32 Å². The first kappa shape index (κ1) is 13.8. The molecule has 1 saturated heterocycles. The summed E-state index contributed by atoms with van der Waals surface area (Å²) in [6.07, 6.45) is -0.269. The lowest BCUT2D eigenvalue weighted by molar-refractivity contribution is -0.120. The highest BCUT2D eigenvalue weighted by Crippen LogP contribution is 2.20. The van der Waals surface area contributed by atoms with Crippen molar-refractivity contribution in [2.75, 3.05) is 20.2 Å². The summed E-state index contributed by atoms with van der Waals surface area (Å²) in [5.41, 5.74) is 0. The smallest absolute Gasteiger partial charge is 0.409 e. The Balaban J connectivity index is 2.68. The van der Waals surface area contributed by atoms with E-state index in [1.807, 2.05) is 0 Å². The molecule has 6 nitrogen and oxygen atoms in total. The van der Waals surface area contributed by atoms with Crippen LogP contribution in [0.15, 0.2) is 0 Å². The maximum atomic E-state index is 11.5. The SMILES string of the molecule is COC(=O)N1CC(NC(C)=O)CC(C(C)O)C1. The fraction of sp³-hybridized carbons (Fsp3) is 0.818. The van der Waals surface area contributed by atoms with Gasteiger partial charge >= 0.3 is 6.09 Å². The molecule has 0 radical (unpaired) electrons. The van der Waals surface area contributed by atoms with Crippen molar-refractivity contribution >= 4 is 12.0 Å². The highest BCUT2D eigenvalue weighted by atomic mass is 16.5. The van der Waals surface area contributed by atoms with Gasteiger partial charge in [0.2, 0.25) is 5.91 Å². The van der Waals surface area contributed by atoms with Crippen molar-refractivity contribution in [2.24, 2.45) is 5.92 Å².